The van der Waals surface area contributed by atoms with Crippen LogP contribution in [0.3, 0.4) is 0 Å². The van der Waals surface area contributed by atoms with E-state index in [1.165, 1.54) is 30.2 Å². The van der Waals surface area contributed by atoms with E-state index in [9.17, 15) is 14.9 Å². The van der Waals surface area contributed by atoms with Crippen molar-refractivity contribution in [2.24, 2.45) is 11.1 Å². The highest BCUT2D eigenvalue weighted by Crippen LogP contribution is 2.51. The summed E-state index contributed by atoms with van der Waals surface area (Å²) in [5, 5.41) is 20.0. The molecule has 12 heteroatoms. The van der Waals surface area contributed by atoms with Crippen molar-refractivity contribution in [3.63, 3.8) is 0 Å². The predicted molar refractivity (Wildman–Crippen MR) is 163 cm³/mol. The van der Waals surface area contributed by atoms with Crippen LogP contribution >= 0.6 is 34.7 Å². The number of nitrogens with two attached hydrogens (primary N) is 1. The molecule has 42 heavy (non-hydrogen) atoms. The molecule has 2 aromatic carbocycles. The van der Waals surface area contributed by atoms with Crippen LogP contribution in [0.25, 0.3) is 0 Å². The second-order valence-corrected chi connectivity index (χ2v) is 13.3. The van der Waals surface area contributed by atoms with Crippen molar-refractivity contribution in [3.05, 3.63) is 81.3 Å². The predicted octanol–water partition coefficient (Wildman–Crippen LogP) is 6.12. The van der Waals surface area contributed by atoms with Gasteiger partial charge in [0.2, 0.25) is 5.13 Å². The summed E-state index contributed by atoms with van der Waals surface area (Å²) in [6, 6.07) is 14.3. The summed E-state index contributed by atoms with van der Waals surface area (Å²) in [6.45, 7) is 4.06. The summed E-state index contributed by atoms with van der Waals surface area (Å²) in [5.41, 5.74) is 9.07. The molecule has 0 radical (unpaired) electrons. The van der Waals surface area contributed by atoms with Crippen LogP contribution in [0.1, 0.15) is 48.5 Å². The maximum atomic E-state index is 13.8. The number of rotatable bonds is 8. The first-order chi connectivity index (χ1) is 20.1. The Morgan fingerprint density at radius 1 is 1.17 bits per heavy atom. The molecule has 216 valence electrons. The minimum absolute atomic E-state index is 0.0565. The summed E-state index contributed by atoms with van der Waals surface area (Å²) in [5.74, 6) is 0.561. The van der Waals surface area contributed by atoms with E-state index in [1.54, 1.807) is 48.4 Å². The number of methoxy groups -OCH3 is 2. The zero-order valence-corrected chi connectivity index (χ0v) is 25.8. The lowest BCUT2D eigenvalue weighted by atomic mass is 9.68. The van der Waals surface area contributed by atoms with E-state index >= 15 is 0 Å². The number of benzene rings is 2. The van der Waals surface area contributed by atoms with E-state index < -0.39 is 5.92 Å². The molecule has 0 fully saturated rings. The number of anilines is 1. The van der Waals surface area contributed by atoms with Crippen molar-refractivity contribution in [1.82, 2.24) is 10.2 Å². The van der Waals surface area contributed by atoms with Crippen molar-refractivity contribution in [1.29, 1.82) is 5.26 Å². The Hall–Kier alpha value is -3.85. The summed E-state index contributed by atoms with van der Waals surface area (Å²) in [7, 11) is 3.08. The van der Waals surface area contributed by atoms with Crippen LogP contribution in [0.2, 0.25) is 5.02 Å². The third-order valence-corrected chi connectivity index (χ3v) is 9.50. The number of hydrogen-bond donors (Lipinski definition) is 1. The molecule has 0 saturated heterocycles. The normalized spacial score (nSPS) is 18.0. The first-order valence-corrected chi connectivity index (χ1v) is 15.2. The van der Waals surface area contributed by atoms with Crippen LogP contribution in [0.4, 0.5) is 5.13 Å². The van der Waals surface area contributed by atoms with Gasteiger partial charge in [-0.15, -0.1) is 10.2 Å². The molecule has 3 aromatic rings. The molecule has 0 bridgehead atoms. The number of nitrogens with zero attached hydrogens (tertiary/aromatic N) is 4. The zero-order chi connectivity index (χ0) is 30.2. The molecule has 2 N–H and O–H groups in total. The molecule has 0 spiro atoms. The molecular formula is C30H28ClN5O4S2. The Morgan fingerprint density at radius 2 is 1.88 bits per heavy atom. The molecule has 1 aromatic heterocycles. The Labute approximate surface area is 257 Å². The molecule has 1 aliphatic heterocycles. The van der Waals surface area contributed by atoms with E-state index in [4.69, 9.17) is 26.8 Å². The van der Waals surface area contributed by atoms with Gasteiger partial charge in [-0.1, -0.05) is 54.6 Å². The number of carbonyl (C=O) groups excluding carboxylic acids is 2. The Balaban J connectivity index is 1.53. The maximum Gasteiger partial charge on any atom is 0.219 e. The number of aromatic nitrogens is 2. The van der Waals surface area contributed by atoms with Gasteiger partial charge in [0.1, 0.15) is 5.82 Å². The topological polar surface area (TPSA) is 131 Å². The van der Waals surface area contributed by atoms with Gasteiger partial charge in [0, 0.05) is 28.3 Å². The van der Waals surface area contributed by atoms with Crippen LogP contribution in [0, 0.1) is 16.7 Å². The van der Waals surface area contributed by atoms with Gasteiger partial charge in [0.05, 0.1) is 37.5 Å². The average Bonchev–Trinajstić information content (AvgIpc) is 3.43. The fourth-order valence-electron chi connectivity index (χ4n) is 5.29. The van der Waals surface area contributed by atoms with Crippen molar-refractivity contribution in [2.75, 3.05) is 24.9 Å². The average molecular weight is 622 g/mol. The van der Waals surface area contributed by atoms with Crippen molar-refractivity contribution < 1.29 is 19.1 Å². The van der Waals surface area contributed by atoms with Crippen LogP contribution in [0.15, 0.2) is 69.5 Å². The first-order valence-electron chi connectivity index (χ1n) is 13.0. The standard InChI is InChI=1S/C30H28ClN5O4S2/c1-30(2)12-20-26(21(37)13-30)25(17-7-10-23(39-3)24(11-17)40-4)19(14-32)27(33)36(20)28-34-35-29(42-28)41-15-22(38)16-5-8-18(31)9-6-16/h5-11,25H,12-13,15,33H2,1-4H3. The van der Waals surface area contributed by atoms with Crippen molar-refractivity contribution in [3.8, 4) is 17.6 Å². The van der Waals surface area contributed by atoms with Gasteiger partial charge in [-0.3, -0.25) is 14.5 Å². The lowest BCUT2D eigenvalue weighted by Crippen LogP contribution is -2.42. The smallest absolute Gasteiger partial charge is 0.219 e. The van der Waals surface area contributed by atoms with Crippen LogP contribution < -0.4 is 20.1 Å². The molecule has 9 nitrogen and oxygen atoms in total. The highest BCUT2D eigenvalue weighted by Gasteiger charge is 2.45. The third-order valence-electron chi connectivity index (χ3n) is 7.20. The summed E-state index contributed by atoms with van der Waals surface area (Å²) >= 11 is 8.44. The third kappa shape index (κ3) is 5.62. The highest BCUT2D eigenvalue weighted by atomic mass is 35.5. The number of halogens is 1. The van der Waals surface area contributed by atoms with E-state index in [0.717, 1.165) is 0 Å². The van der Waals surface area contributed by atoms with E-state index in [1.807, 2.05) is 19.9 Å². The lowest BCUT2D eigenvalue weighted by molar-refractivity contribution is -0.118. The number of nitriles is 1. The SMILES string of the molecule is COc1ccc(C2C(C#N)=C(N)N(c3nnc(SCC(=O)c4ccc(Cl)cc4)s3)C3=C2C(=O)CC(C)(C)C3)cc1OC. The first kappa shape index (κ1) is 29.6. The fraction of sp³-hybridized carbons (Fsp3) is 0.300. The Bertz CT molecular complexity index is 1670. The molecule has 1 aliphatic carbocycles. The summed E-state index contributed by atoms with van der Waals surface area (Å²) < 4.78 is 11.5. The van der Waals surface area contributed by atoms with Gasteiger partial charge in [0.25, 0.3) is 0 Å². The van der Waals surface area contributed by atoms with Gasteiger partial charge >= 0.3 is 0 Å². The Kier molecular flexibility index (Phi) is 8.32. The summed E-state index contributed by atoms with van der Waals surface area (Å²) in [4.78, 5) is 28.2. The van der Waals surface area contributed by atoms with E-state index in [2.05, 4.69) is 16.3 Å². The molecular weight excluding hydrogens is 594 g/mol. The molecule has 2 heterocycles. The summed E-state index contributed by atoms with van der Waals surface area (Å²) in [6.07, 6.45) is 0.862. The monoisotopic (exact) mass is 621 g/mol. The van der Waals surface area contributed by atoms with E-state index in [-0.39, 0.29) is 34.1 Å². The van der Waals surface area contributed by atoms with Crippen molar-refractivity contribution >= 4 is 51.4 Å². The van der Waals surface area contributed by atoms with Crippen molar-refractivity contribution in [2.45, 2.75) is 36.9 Å². The van der Waals surface area contributed by atoms with Gasteiger partial charge < -0.3 is 15.2 Å². The van der Waals surface area contributed by atoms with Gasteiger partial charge in [-0.05, 0) is 53.8 Å². The number of ketones is 2. The lowest BCUT2D eigenvalue weighted by Gasteiger charge is -2.42. The minimum Gasteiger partial charge on any atom is -0.493 e. The molecule has 1 unspecified atom stereocenters. The van der Waals surface area contributed by atoms with Gasteiger partial charge in [-0.2, -0.15) is 5.26 Å². The van der Waals surface area contributed by atoms with E-state index in [0.29, 0.717) is 61.2 Å². The Morgan fingerprint density at radius 3 is 2.55 bits per heavy atom. The molecule has 5 rings (SSSR count). The second-order valence-electron chi connectivity index (χ2n) is 10.7. The number of carbonyl (C=O) groups is 2. The second kappa shape index (κ2) is 11.8. The van der Waals surface area contributed by atoms with Crippen LogP contribution in [-0.2, 0) is 4.79 Å². The fourth-order valence-corrected chi connectivity index (χ4v) is 7.19. The quantitative estimate of drug-likeness (QED) is 0.232. The van der Waals surface area contributed by atoms with Crippen LogP contribution in [0.5, 0.6) is 11.5 Å². The molecule has 0 saturated carbocycles. The van der Waals surface area contributed by atoms with Gasteiger partial charge in [-0.25, -0.2) is 0 Å². The molecule has 2 aliphatic rings. The number of thioether (sulfide) groups is 1. The molecule has 1 atom stereocenters. The largest absolute Gasteiger partial charge is 0.493 e. The maximum absolute atomic E-state index is 13.8. The number of allylic oxidation sites excluding steroid dienone is 3. The van der Waals surface area contributed by atoms with Gasteiger partial charge in [0.15, 0.2) is 27.4 Å². The highest BCUT2D eigenvalue weighted by molar-refractivity contribution is 8.01. The zero-order valence-electron chi connectivity index (χ0n) is 23.4. The number of Topliss-reactive ketones (excluding diaryl/α,β-unsaturated/α-hetero) is 2. The van der Waals surface area contributed by atoms with Crippen LogP contribution in [-0.4, -0.2) is 41.7 Å². The number of hydrogen-bond acceptors (Lipinski definition) is 11. The number of ether oxygens (including phenoxy) is 2. The minimum atomic E-state index is -0.677. The molecule has 0 amide bonds.